The first-order valence-electron chi connectivity index (χ1n) is 4.96. The molecule has 0 aromatic rings. The van der Waals surface area contributed by atoms with E-state index in [4.69, 9.17) is 5.11 Å². The molecule has 1 N–H and O–H groups in total. The maximum Gasteiger partial charge on any atom is 0.303 e. The van der Waals surface area contributed by atoms with E-state index in [-0.39, 0.29) is 24.2 Å². The number of rotatable bonds is 3. The van der Waals surface area contributed by atoms with Gasteiger partial charge in [-0.05, 0) is 18.3 Å². The molecule has 0 saturated carbocycles. The van der Waals surface area contributed by atoms with Gasteiger partial charge in [0.25, 0.3) is 0 Å². The summed E-state index contributed by atoms with van der Waals surface area (Å²) in [6, 6.07) is 0. The molecule has 0 radical (unpaired) electrons. The Bertz CT molecular complexity index is 240. The molecule has 0 bridgehead atoms. The lowest BCUT2D eigenvalue weighted by molar-refractivity contribution is -0.140. The molecule has 0 aromatic heterocycles. The number of carboxylic acid groups (broad SMARTS) is 1. The fraction of sp³-hybridized carbons (Fsp3) is 0.800. The molecule has 1 heterocycles. The van der Waals surface area contributed by atoms with Gasteiger partial charge in [-0.1, -0.05) is 6.92 Å². The highest BCUT2D eigenvalue weighted by atomic mass is 16.4. The Morgan fingerprint density at radius 2 is 2.36 bits per heavy atom. The summed E-state index contributed by atoms with van der Waals surface area (Å²) in [5, 5.41) is 8.64. The van der Waals surface area contributed by atoms with Gasteiger partial charge in [0.15, 0.2) is 0 Å². The second-order valence-electron chi connectivity index (χ2n) is 4.14. The minimum absolute atomic E-state index is 0.102. The van der Waals surface area contributed by atoms with E-state index >= 15 is 0 Å². The van der Waals surface area contributed by atoms with Crippen LogP contribution >= 0.6 is 0 Å². The average molecular weight is 199 g/mol. The van der Waals surface area contributed by atoms with Crippen molar-refractivity contribution in [1.82, 2.24) is 4.90 Å². The van der Waals surface area contributed by atoms with E-state index in [1.54, 1.807) is 11.9 Å². The first-order chi connectivity index (χ1) is 6.50. The molecule has 4 heteroatoms. The molecule has 1 saturated heterocycles. The van der Waals surface area contributed by atoms with Gasteiger partial charge in [0, 0.05) is 26.4 Å². The number of nitrogens with zero attached hydrogens (tertiary/aromatic N) is 1. The van der Waals surface area contributed by atoms with Crippen molar-refractivity contribution in [2.75, 3.05) is 13.6 Å². The van der Waals surface area contributed by atoms with Crippen LogP contribution in [0.5, 0.6) is 0 Å². The smallest absolute Gasteiger partial charge is 0.303 e. The summed E-state index contributed by atoms with van der Waals surface area (Å²) in [6.07, 6.45) is 1.60. The SMILES string of the molecule is CC(CC(=O)O)C1CCN(C)C(=O)C1. The van der Waals surface area contributed by atoms with Crippen molar-refractivity contribution >= 4 is 11.9 Å². The zero-order chi connectivity index (χ0) is 10.7. The maximum atomic E-state index is 11.4. The number of carbonyl (C=O) groups excluding carboxylic acids is 1. The molecule has 0 aliphatic carbocycles. The second kappa shape index (κ2) is 4.44. The van der Waals surface area contributed by atoms with E-state index in [0.29, 0.717) is 6.42 Å². The molecular formula is C10H17NO3. The Balaban J connectivity index is 2.46. The summed E-state index contributed by atoms with van der Waals surface area (Å²) in [7, 11) is 1.79. The predicted octanol–water partition coefficient (Wildman–Crippen LogP) is 0.966. The lowest BCUT2D eigenvalue weighted by Crippen LogP contribution is -2.37. The van der Waals surface area contributed by atoms with Crippen molar-refractivity contribution in [3.8, 4) is 0 Å². The van der Waals surface area contributed by atoms with Crippen LogP contribution in [0.25, 0.3) is 0 Å². The van der Waals surface area contributed by atoms with Crippen molar-refractivity contribution in [2.45, 2.75) is 26.2 Å². The number of carbonyl (C=O) groups is 2. The number of piperidine rings is 1. The number of likely N-dealkylation sites (tertiary alicyclic amines) is 1. The summed E-state index contributed by atoms with van der Waals surface area (Å²) >= 11 is 0. The monoisotopic (exact) mass is 199 g/mol. The molecule has 2 unspecified atom stereocenters. The van der Waals surface area contributed by atoms with Gasteiger partial charge < -0.3 is 10.0 Å². The van der Waals surface area contributed by atoms with Crippen molar-refractivity contribution in [2.24, 2.45) is 11.8 Å². The minimum atomic E-state index is -0.774. The van der Waals surface area contributed by atoms with Gasteiger partial charge in [-0.3, -0.25) is 9.59 Å². The summed E-state index contributed by atoms with van der Waals surface area (Å²) in [5.74, 6) is -0.290. The molecule has 0 aromatic carbocycles. The zero-order valence-corrected chi connectivity index (χ0v) is 8.69. The van der Waals surface area contributed by atoms with E-state index in [1.165, 1.54) is 0 Å². The molecule has 80 valence electrons. The second-order valence-corrected chi connectivity index (χ2v) is 4.14. The van der Waals surface area contributed by atoms with Gasteiger partial charge in [0.05, 0.1) is 0 Å². The van der Waals surface area contributed by atoms with E-state index < -0.39 is 5.97 Å². The van der Waals surface area contributed by atoms with Gasteiger partial charge in [-0.15, -0.1) is 0 Å². The number of hydrogen-bond acceptors (Lipinski definition) is 2. The number of amides is 1. The standard InChI is InChI=1S/C10H17NO3/c1-7(5-10(13)14)8-3-4-11(2)9(12)6-8/h7-8H,3-6H2,1-2H3,(H,13,14). The molecule has 1 fully saturated rings. The lowest BCUT2D eigenvalue weighted by Gasteiger charge is -2.31. The van der Waals surface area contributed by atoms with E-state index in [1.807, 2.05) is 6.92 Å². The largest absolute Gasteiger partial charge is 0.481 e. The van der Waals surface area contributed by atoms with Crippen LogP contribution in [0.2, 0.25) is 0 Å². The van der Waals surface area contributed by atoms with Crippen LogP contribution in [0, 0.1) is 11.8 Å². The quantitative estimate of drug-likeness (QED) is 0.736. The molecular weight excluding hydrogens is 182 g/mol. The van der Waals surface area contributed by atoms with Crippen LogP contribution in [-0.2, 0) is 9.59 Å². The predicted molar refractivity (Wildman–Crippen MR) is 51.8 cm³/mol. The summed E-state index contributed by atoms with van der Waals surface area (Å²) in [6.45, 7) is 2.67. The molecule has 0 spiro atoms. The van der Waals surface area contributed by atoms with Crippen molar-refractivity contribution < 1.29 is 14.7 Å². The van der Waals surface area contributed by atoms with Crippen LogP contribution in [0.15, 0.2) is 0 Å². The van der Waals surface area contributed by atoms with Crippen LogP contribution in [0.1, 0.15) is 26.2 Å². The Morgan fingerprint density at radius 1 is 1.71 bits per heavy atom. The van der Waals surface area contributed by atoms with E-state index in [2.05, 4.69) is 0 Å². The van der Waals surface area contributed by atoms with Crippen LogP contribution in [0.4, 0.5) is 0 Å². The highest BCUT2D eigenvalue weighted by molar-refractivity contribution is 5.77. The number of carboxylic acids is 1. The van der Waals surface area contributed by atoms with Crippen LogP contribution < -0.4 is 0 Å². The maximum absolute atomic E-state index is 11.4. The highest BCUT2D eigenvalue weighted by Crippen LogP contribution is 2.26. The van der Waals surface area contributed by atoms with Crippen molar-refractivity contribution in [3.63, 3.8) is 0 Å². The van der Waals surface area contributed by atoms with E-state index in [0.717, 1.165) is 13.0 Å². The topological polar surface area (TPSA) is 57.6 Å². The normalized spacial score (nSPS) is 24.9. The third-order valence-corrected chi connectivity index (χ3v) is 3.00. The third-order valence-electron chi connectivity index (χ3n) is 3.00. The van der Waals surface area contributed by atoms with Crippen LogP contribution in [-0.4, -0.2) is 35.5 Å². The number of hydrogen-bond donors (Lipinski definition) is 1. The molecule has 1 rings (SSSR count). The van der Waals surface area contributed by atoms with Crippen molar-refractivity contribution in [3.05, 3.63) is 0 Å². The van der Waals surface area contributed by atoms with Gasteiger partial charge in [-0.25, -0.2) is 0 Å². The Labute approximate surface area is 83.9 Å². The van der Waals surface area contributed by atoms with Crippen molar-refractivity contribution in [1.29, 1.82) is 0 Å². The number of aliphatic carboxylic acids is 1. The third kappa shape index (κ3) is 2.72. The Morgan fingerprint density at radius 3 is 2.86 bits per heavy atom. The molecule has 1 aliphatic heterocycles. The van der Waals surface area contributed by atoms with Gasteiger partial charge in [0.2, 0.25) is 5.91 Å². The van der Waals surface area contributed by atoms with E-state index in [9.17, 15) is 9.59 Å². The highest BCUT2D eigenvalue weighted by Gasteiger charge is 2.28. The molecule has 4 nitrogen and oxygen atoms in total. The minimum Gasteiger partial charge on any atom is -0.481 e. The Hall–Kier alpha value is -1.06. The van der Waals surface area contributed by atoms with Gasteiger partial charge in [-0.2, -0.15) is 0 Å². The Kier molecular flexibility index (Phi) is 3.49. The summed E-state index contributed by atoms with van der Waals surface area (Å²) in [5.41, 5.74) is 0. The molecule has 2 atom stereocenters. The molecule has 1 amide bonds. The van der Waals surface area contributed by atoms with Crippen LogP contribution in [0.3, 0.4) is 0 Å². The van der Waals surface area contributed by atoms with Gasteiger partial charge >= 0.3 is 5.97 Å². The molecule has 1 aliphatic rings. The first-order valence-corrected chi connectivity index (χ1v) is 4.96. The summed E-state index contributed by atoms with van der Waals surface area (Å²) < 4.78 is 0. The average Bonchev–Trinajstić information content (AvgIpc) is 2.08. The fourth-order valence-corrected chi connectivity index (χ4v) is 1.89. The lowest BCUT2D eigenvalue weighted by atomic mass is 9.83. The summed E-state index contributed by atoms with van der Waals surface area (Å²) in [4.78, 5) is 23.6. The van der Waals surface area contributed by atoms with Gasteiger partial charge in [0.1, 0.15) is 0 Å². The zero-order valence-electron chi connectivity index (χ0n) is 8.69. The molecule has 14 heavy (non-hydrogen) atoms. The fourth-order valence-electron chi connectivity index (χ4n) is 1.89. The first kappa shape index (κ1) is 11.0.